The maximum Gasteiger partial charge on any atom is 0.280 e. The molecule has 7 nitrogen and oxygen atoms in total. The molecule has 1 aromatic heterocycles. The summed E-state index contributed by atoms with van der Waals surface area (Å²) in [4.78, 5) is 32.4. The van der Waals surface area contributed by atoms with Gasteiger partial charge in [-0.1, -0.05) is 18.2 Å². The summed E-state index contributed by atoms with van der Waals surface area (Å²) in [7, 11) is 0. The van der Waals surface area contributed by atoms with E-state index in [4.69, 9.17) is 4.74 Å². The quantitative estimate of drug-likeness (QED) is 0.627. The van der Waals surface area contributed by atoms with E-state index >= 15 is 0 Å². The number of rotatable bonds is 2. The molecule has 1 unspecified atom stereocenters. The molecule has 0 spiro atoms. The molecule has 2 heterocycles. The van der Waals surface area contributed by atoms with Crippen LogP contribution in [0.4, 0.5) is 11.6 Å². The van der Waals surface area contributed by atoms with Crippen LogP contribution in [0.15, 0.2) is 42.5 Å². The molecule has 0 saturated carbocycles. The summed E-state index contributed by atoms with van der Waals surface area (Å²) in [6.07, 6.45) is 0. The van der Waals surface area contributed by atoms with E-state index in [1.54, 1.807) is 12.1 Å². The smallest absolute Gasteiger partial charge is 0.280 e. The van der Waals surface area contributed by atoms with Crippen LogP contribution in [0, 0.1) is 6.92 Å². The third-order valence-corrected chi connectivity index (χ3v) is 4.19. The van der Waals surface area contributed by atoms with Crippen LogP contribution in [-0.2, 0) is 9.59 Å². The Balaban J connectivity index is 1.62. The van der Waals surface area contributed by atoms with Crippen molar-refractivity contribution in [1.29, 1.82) is 0 Å². The van der Waals surface area contributed by atoms with Gasteiger partial charge in [0.25, 0.3) is 17.4 Å². The lowest BCUT2D eigenvalue weighted by Crippen LogP contribution is -2.56. The van der Waals surface area contributed by atoms with Gasteiger partial charge in [-0.3, -0.25) is 14.9 Å². The van der Waals surface area contributed by atoms with E-state index in [1.807, 2.05) is 37.3 Å². The number of amides is 2. The van der Waals surface area contributed by atoms with Gasteiger partial charge in [-0.2, -0.15) is 0 Å². The van der Waals surface area contributed by atoms with Crippen LogP contribution in [0.25, 0.3) is 11.0 Å². The van der Waals surface area contributed by atoms with Crippen molar-refractivity contribution in [3.8, 4) is 5.75 Å². The van der Waals surface area contributed by atoms with Gasteiger partial charge in [-0.15, -0.1) is 0 Å². The topological polar surface area (TPSA) is 96.1 Å². The summed E-state index contributed by atoms with van der Waals surface area (Å²) in [6.45, 7) is 3.34. The van der Waals surface area contributed by atoms with Gasteiger partial charge >= 0.3 is 0 Å². The normalized spacial score (nSPS) is 19.0. The van der Waals surface area contributed by atoms with Crippen molar-refractivity contribution < 1.29 is 14.3 Å². The molecule has 25 heavy (non-hydrogen) atoms. The van der Waals surface area contributed by atoms with E-state index in [1.165, 1.54) is 6.92 Å². The number of fused-ring (bicyclic) bond motifs is 2. The molecular weight excluding hydrogens is 320 g/mol. The van der Waals surface area contributed by atoms with Crippen LogP contribution in [-0.4, -0.2) is 27.4 Å². The summed E-state index contributed by atoms with van der Waals surface area (Å²) in [5.41, 5.74) is 1.36. The Labute approximate surface area is 143 Å². The van der Waals surface area contributed by atoms with E-state index in [-0.39, 0.29) is 5.95 Å². The molecular formula is C18H16N4O3. The van der Waals surface area contributed by atoms with Crippen molar-refractivity contribution >= 4 is 34.5 Å². The van der Waals surface area contributed by atoms with Gasteiger partial charge in [-0.25, -0.2) is 4.98 Å². The number of aryl methyl sites for hydroxylation is 1. The maximum absolute atomic E-state index is 12.7. The van der Waals surface area contributed by atoms with Crippen molar-refractivity contribution in [2.45, 2.75) is 19.4 Å². The van der Waals surface area contributed by atoms with Crippen LogP contribution in [0.3, 0.4) is 0 Å². The fourth-order valence-corrected chi connectivity index (χ4v) is 2.73. The number of nitrogens with zero attached hydrogens (tertiary/aromatic N) is 1. The van der Waals surface area contributed by atoms with Crippen LogP contribution >= 0.6 is 0 Å². The minimum Gasteiger partial charge on any atom is -0.466 e. The lowest BCUT2D eigenvalue weighted by atomic mass is 10.0. The first-order valence-electron chi connectivity index (χ1n) is 7.83. The Bertz CT molecular complexity index is 977. The molecule has 2 amide bonds. The molecule has 0 bridgehead atoms. The number of carbonyl (C=O) groups excluding carboxylic acids is 2. The van der Waals surface area contributed by atoms with Crippen molar-refractivity contribution in [2.24, 2.45) is 0 Å². The van der Waals surface area contributed by atoms with E-state index in [0.29, 0.717) is 11.4 Å². The van der Waals surface area contributed by atoms with Crippen LogP contribution < -0.4 is 15.4 Å². The van der Waals surface area contributed by atoms with E-state index in [0.717, 1.165) is 16.6 Å². The fraction of sp³-hybridized carbons (Fsp3) is 0.167. The summed E-state index contributed by atoms with van der Waals surface area (Å²) in [5.74, 6) is -0.416. The Morgan fingerprint density at radius 3 is 2.84 bits per heavy atom. The highest BCUT2D eigenvalue weighted by Crippen LogP contribution is 2.34. The van der Waals surface area contributed by atoms with Crippen molar-refractivity contribution in [1.82, 2.24) is 9.97 Å². The molecule has 0 fully saturated rings. The summed E-state index contributed by atoms with van der Waals surface area (Å²) in [6, 6.07) is 12.8. The second-order valence-electron chi connectivity index (χ2n) is 6.15. The first-order valence-corrected chi connectivity index (χ1v) is 7.83. The second-order valence-corrected chi connectivity index (χ2v) is 6.15. The molecule has 4 rings (SSSR count). The third-order valence-electron chi connectivity index (χ3n) is 4.19. The molecule has 0 saturated heterocycles. The molecule has 7 heteroatoms. The number of imidazole rings is 1. The van der Waals surface area contributed by atoms with E-state index in [9.17, 15) is 9.59 Å². The summed E-state index contributed by atoms with van der Waals surface area (Å²) < 4.78 is 5.73. The predicted octanol–water partition coefficient (Wildman–Crippen LogP) is 2.60. The average Bonchev–Trinajstić information content (AvgIpc) is 2.98. The Morgan fingerprint density at radius 1 is 1.24 bits per heavy atom. The lowest BCUT2D eigenvalue weighted by Gasteiger charge is -2.33. The highest BCUT2D eigenvalue weighted by atomic mass is 16.5. The number of hydrogen-bond donors (Lipinski definition) is 3. The molecule has 1 aliphatic rings. The zero-order valence-corrected chi connectivity index (χ0v) is 13.7. The maximum atomic E-state index is 12.7. The van der Waals surface area contributed by atoms with Gasteiger partial charge in [0.15, 0.2) is 0 Å². The number of para-hydroxylation sites is 2. The number of hydrogen-bond acceptors (Lipinski definition) is 4. The highest BCUT2D eigenvalue weighted by Gasteiger charge is 2.47. The number of aromatic nitrogens is 2. The van der Waals surface area contributed by atoms with Crippen LogP contribution in [0.5, 0.6) is 5.75 Å². The molecule has 126 valence electrons. The predicted molar refractivity (Wildman–Crippen MR) is 93.6 cm³/mol. The number of nitrogens with one attached hydrogen (secondary N) is 3. The van der Waals surface area contributed by atoms with Crippen molar-refractivity contribution in [3.63, 3.8) is 0 Å². The Morgan fingerprint density at radius 2 is 2.04 bits per heavy atom. The van der Waals surface area contributed by atoms with Crippen molar-refractivity contribution in [2.75, 3.05) is 10.6 Å². The third kappa shape index (κ3) is 2.50. The molecule has 1 atom stereocenters. The average molecular weight is 336 g/mol. The molecule has 2 aromatic carbocycles. The van der Waals surface area contributed by atoms with E-state index < -0.39 is 17.4 Å². The van der Waals surface area contributed by atoms with Gasteiger partial charge in [0, 0.05) is 0 Å². The van der Waals surface area contributed by atoms with Crippen LogP contribution in [0.1, 0.15) is 12.5 Å². The van der Waals surface area contributed by atoms with Gasteiger partial charge in [0.1, 0.15) is 5.75 Å². The minimum atomic E-state index is -1.69. The largest absolute Gasteiger partial charge is 0.466 e. The SMILES string of the molecule is Cc1ccc2c(c1)NC(=O)C(C)(C(=O)Nc1nc3ccccc3[nH]1)O2. The van der Waals surface area contributed by atoms with Crippen LogP contribution in [0.2, 0.25) is 0 Å². The van der Waals surface area contributed by atoms with Gasteiger partial charge in [-0.05, 0) is 43.7 Å². The molecule has 0 radical (unpaired) electrons. The number of carbonyl (C=O) groups is 2. The zero-order valence-electron chi connectivity index (χ0n) is 13.7. The van der Waals surface area contributed by atoms with Gasteiger partial charge < -0.3 is 15.0 Å². The standard InChI is InChI=1S/C18H16N4O3/c1-10-7-8-14-13(9-10)19-15(23)18(2,25-14)16(24)22-17-20-11-5-3-4-6-12(11)21-17/h3-9H,1-2H3,(H,19,23)(H2,20,21,22,24). The Hall–Kier alpha value is -3.35. The molecule has 3 aromatic rings. The van der Waals surface area contributed by atoms with Gasteiger partial charge in [0.2, 0.25) is 5.95 Å². The summed E-state index contributed by atoms with van der Waals surface area (Å²) >= 11 is 0. The summed E-state index contributed by atoms with van der Waals surface area (Å²) in [5, 5.41) is 5.35. The minimum absolute atomic E-state index is 0.263. The number of anilines is 2. The second kappa shape index (κ2) is 5.34. The number of aromatic amines is 1. The number of ether oxygens (including phenoxy) is 1. The number of benzene rings is 2. The first-order chi connectivity index (χ1) is 12.0. The highest BCUT2D eigenvalue weighted by molar-refractivity contribution is 6.18. The van der Waals surface area contributed by atoms with E-state index in [2.05, 4.69) is 20.6 Å². The molecule has 1 aliphatic heterocycles. The first kappa shape index (κ1) is 15.2. The monoisotopic (exact) mass is 336 g/mol. The van der Waals surface area contributed by atoms with Gasteiger partial charge in [0.05, 0.1) is 16.7 Å². The van der Waals surface area contributed by atoms with Crippen molar-refractivity contribution in [3.05, 3.63) is 48.0 Å². The Kier molecular flexibility index (Phi) is 3.24. The number of H-pyrrole nitrogens is 1. The fourth-order valence-electron chi connectivity index (χ4n) is 2.73. The molecule has 0 aliphatic carbocycles. The lowest BCUT2D eigenvalue weighted by molar-refractivity contribution is -0.143. The molecule has 3 N–H and O–H groups in total. The zero-order chi connectivity index (χ0) is 17.6.